The van der Waals surface area contributed by atoms with Gasteiger partial charge in [0.05, 0.1) is 23.1 Å². The Bertz CT molecular complexity index is 849. The molecule has 6 heteroatoms. The van der Waals surface area contributed by atoms with Crippen LogP contribution in [0.1, 0.15) is 67.6 Å². The molecular weight excluding hydrogens is 376 g/mol. The van der Waals surface area contributed by atoms with Crippen LogP contribution in [0.3, 0.4) is 0 Å². The Labute approximate surface area is 179 Å². The lowest BCUT2D eigenvalue weighted by Crippen LogP contribution is -2.43. The molecule has 1 aliphatic heterocycles. The predicted molar refractivity (Wildman–Crippen MR) is 119 cm³/mol. The smallest absolute Gasteiger partial charge is 0.257 e. The second kappa shape index (κ2) is 10.4. The zero-order chi connectivity index (χ0) is 21.5. The molecule has 2 amide bonds. The van der Waals surface area contributed by atoms with Gasteiger partial charge >= 0.3 is 0 Å². The van der Waals surface area contributed by atoms with Crippen LogP contribution in [-0.2, 0) is 11.2 Å². The van der Waals surface area contributed by atoms with Crippen molar-refractivity contribution in [1.29, 1.82) is 0 Å². The molecule has 162 valence electrons. The van der Waals surface area contributed by atoms with E-state index >= 15 is 0 Å². The van der Waals surface area contributed by atoms with Crippen LogP contribution in [-0.4, -0.2) is 46.1 Å². The molecule has 30 heavy (non-hydrogen) atoms. The molecule has 1 aliphatic rings. The summed E-state index contributed by atoms with van der Waals surface area (Å²) in [5, 5.41) is 7.55. The zero-order valence-electron chi connectivity index (χ0n) is 18.5. The number of benzene rings is 1. The van der Waals surface area contributed by atoms with Crippen LogP contribution in [0.15, 0.2) is 30.5 Å². The van der Waals surface area contributed by atoms with E-state index in [1.165, 1.54) is 5.56 Å². The van der Waals surface area contributed by atoms with Crippen LogP contribution in [0.25, 0.3) is 5.69 Å². The van der Waals surface area contributed by atoms with Gasteiger partial charge < -0.3 is 10.2 Å². The number of carbonyl (C=O) groups excluding carboxylic acids is 2. The molecule has 1 saturated heterocycles. The minimum atomic E-state index is 0.0107. The summed E-state index contributed by atoms with van der Waals surface area (Å²) in [5.41, 5.74) is 3.76. The fourth-order valence-electron chi connectivity index (χ4n) is 4.05. The number of nitrogens with zero attached hydrogens (tertiary/aromatic N) is 3. The quantitative estimate of drug-likeness (QED) is 0.671. The summed E-state index contributed by atoms with van der Waals surface area (Å²) >= 11 is 0. The molecule has 3 rings (SSSR count). The van der Waals surface area contributed by atoms with Gasteiger partial charge in [-0.1, -0.05) is 44.4 Å². The molecule has 1 N–H and O–H groups in total. The third kappa shape index (κ3) is 5.10. The Kier molecular flexibility index (Phi) is 7.66. The van der Waals surface area contributed by atoms with Crippen LogP contribution in [0, 0.1) is 12.8 Å². The number of nitrogens with one attached hydrogen (secondary N) is 1. The van der Waals surface area contributed by atoms with E-state index in [4.69, 9.17) is 0 Å². The molecule has 0 spiro atoms. The largest absolute Gasteiger partial charge is 0.356 e. The van der Waals surface area contributed by atoms with E-state index in [-0.39, 0.29) is 17.7 Å². The van der Waals surface area contributed by atoms with Crippen LogP contribution in [0.5, 0.6) is 0 Å². The Morgan fingerprint density at radius 1 is 1.10 bits per heavy atom. The topological polar surface area (TPSA) is 67.2 Å². The van der Waals surface area contributed by atoms with E-state index < -0.39 is 0 Å². The summed E-state index contributed by atoms with van der Waals surface area (Å²) in [7, 11) is 0. The summed E-state index contributed by atoms with van der Waals surface area (Å²) < 4.78 is 1.86. The standard InChI is InChI=1S/C24H34N4O2/c1-4-6-7-14-25-23(29)19-12-15-27(16-13-19)24(30)21-17-26-28(22(21)5-2)20-10-8-18(3)9-11-20/h8-11,17,19H,4-7,12-16H2,1-3H3,(H,25,29). The van der Waals surface area contributed by atoms with Gasteiger partial charge in [0.15, 0.2) is 0 Å². The number of amides is 2. The maximum atomic E-state index is 13.2. The minimum Gasteiger partial charge on any atom is -0.356 e. The van der Waals surface area contributed by atoms with Crippen molar-refractivity contribution in [2.75, 3.05) is 19.6 Å². The molecule has 0 bridgehead atoms. The summed E-state index contributed by atoms with van der Waals surface area (Å²) in [4.78, 5) is 27.4. The van der Waals surface area contributed by atoms with Crippen LogP contribution >= 0.6 is 0 Å². The fraction of sp³-hybridized carbons (Fsp3) is 0.542. The van der Waals surface area contributed by atoms with Crippen molar-refractivity contribution >= 4 is 11.8 Å². The average Bonchev–Trinajstić information content (AvgIpc) is 3.20. The lowest BCUT2D eigenvalue weighted by molar-refractivity contribution is -0.126. The third-order valence-corrected chi connectivity index (χ3v) is 5.95. The molecule has 1 aromatic carbocycles. The first-order valence-corrected chi connectivity index (χ1v) is 11.3. The van der Waals surface area contributed by atoms with Gasteiger partial charge in [0, 0.05) is 25.6 Å². The van der Waals surface area contributed by atoms with E-state index in [1.54, 1.807) is 6.20 Å². The molecule has 2 heterocycles. The monoisotopic (exact) mass is 410 g/mol. The number of hydrogen-bond acceptors (Lipinski definition) is 3. The van der Waals surface area contributed by atoms with Crippen molar-refractivity contribution in [1.82, 2.24) is 20.0 Å². The van der Waals surface area contributed by atoms with Crippen molar-refractivity contribution in [2.24, 2.45) is 5.92 Å². The molecule has 0 saturated carbocycles. The number of aryl methyl sites for hydroxylation is 1. The maximum absolute atomic E-state index is 13.2. The van der Waals surface area contributed by atoms with Crippen molar-refractivity contribution in [3.8, 4) is 5.69 Å². The molecule has 0 unspecified atom stereocenters. The Balaban J connectivity index is 1.61. The highest BCUT2D eigenvalue weighted by Crippen LogP contribution is 2.22. The molecule has 1 aromatic heterocycles. The number of rotatable bonds is 8. The molecular formula is C24H34N4O2. The number of likely N-dealkylation sites (tertiary alicyclic amines) is 1. The second-order valence-electron chi connectivity index (χ2n) is 8.17. The van der Waals surface area contributed by atoms with E-state index in [9.17, 15) is 9.59 Å². The van der Waals surface area contributed by atoms with Crippen molar-refractivity contribution < 1.29 is 9.59 Å². The fourth-order valence-corrected chi connectivity index (χ4v) is 4.05. The van der Waals surface area contributed by atoms with E-state index in [2.05, 4.69) is 36.4 Å². The van der Waals surface area contributed by atoms with Gasteiger partial charge in [-0.05, 0) is 44.7 Å². The number of carbonyl (C=O) groups is 2. The Hall–Kier alpha value is -2.63. The number of unbranched alkanes of at least 4 members (excludes halogenated alkanes) is 2. The predicted octanol–water partition coefficient (Wildman–Crippen LogP) is 3.90. The molecule has 0 radical (unpaired) electrons. The molecule has 6 nitrogen and oxygen atoms in total. The van der Waals surface area contributed by atoms with Gasteiger partial charge in [0.1, 0.15) is 0 Å². The Morgan fingerprint density at radius 3 is 2.43 bits per heavy atom. The van der Waals surface area contributed by atoms with Gasteiger partial charge in [-0.2, -0.15) is 5.10 Å². The first kappa shape index (κ1) is 22.1. The first-order valence-electron chi connectivity index (χ1n) is 11.3. The van der Waals surface area contributed by atoms with Crippen molar-refractivity contribution in [3.05, 3.63) is 47.3 Å². The zero-order valence-corrected chi connectivity index (χ0v) is 18.5. The highest BCUT2D eigenvalue weighted by molar-refractivity contribution is 5.95. The highest BCUT2D eigenvalue weighted by Gasteiger charge is 2.29. The van der Waals surface area contributed by atoms with E-state index in [0.717, 1.165) is 56.5 Å². The number of aromatic nitrogens is 2. The molecule has 1 fully saturated rings. The highest BCUT2D eigenvalue weighted by atomic mass is 16.2. The summed E-state index contributed by atoms with van der Waals surface area (Å²) in [6.45, 7) is 8.24. The molecule has 0 aliphatic carbocycles. The maximum Gasteiger partial charge on any atom is 0.257 e. The summed E-state index contributed by atoms with van der Waals surface area (Å²) in [5.74, 6) is 0.170. The normalized spacial score (nSPS) is 14.7. The van der Waals surface area contributed by atoms with Gasteiger partial charge in [-0.25, -0.2) is 4.68 Å². The molecule has 0 atom stereocenters. The Morgan fingerprint density at radius 2 is 1.80 bits per heavy atom. The van der Waals surface area contributed by atoms with E-state index in [0.29, 0.717) is 18.7 Å². The van der Waals surface area contributed by atoms with Gasteiger partial charge in [0.25, 0.3) is 5.91 Å². The number of hydrogen-bond donors (Lipinski definition) is 1. The summed E-state index contributed by atoms with van der Waals surface area (Å²) in [6.07, 6.45) is 7.18. The van der Waals surface area contributed by atoms with Crippen LogP contribution < -0.4 is 5.32 Å². The third-order valence-electron chi connectivity index (χ3n) is 5.95. The van der Waals surface area contributed by atoms with Gasteiger partial charge in [-0.3, -0.25) is 9.59 Å². The van der Waals surface area contributed by atoms with Gasteiger partial charge in [0.2, 0.25) is 5.91 Å². The lowest BCUT2D eigenvalue weighted by Gasteiger charge is -2.31. The molecule has 2 aromatic rings. The van der Waals surface area contributed by atoms with Crippen LogP contribution in [0.4, 0.5) is 0 Å². The van der Waals surface area contributed by atoms with Crippen molar-refractivity contribution in [2.45, 2.75) is 59.3 Å². The van der Waals surface area contributed by atoms with Crippen molar-refractivity contribution in [3.63, 3.8) is 0 Å². The average molecular weight is 411 g/mol. The SMILES string of the molecule is CCCCCNC(=O)C1CCN(C(=O)c2cnn(-c3ccc(C)cc3)c2CC)CC1. The van der Waals surface area contributed by atoms with Crippen LogP contribution in [0.2, 0.25) is 0 Å². The summed E-state index contributed by atoms with van der Waals surface area (Å²) in [6, 6.07) is 8.16. The van der Waals surface area contributed by atoms with Gasteiger partial charge in [-0.15, -0.1) is 0 Å². The van der Waals surface area contributed by atoms with E-state index in [1.807, 2.05) is 28.6 Å². The lowest BCUT2D eigenvalue weighted by atomic mass is 9.95. The first-order chi connectivity index (χ1) is 14.5. The minimum absolute atomic E-state index is 0.0107. The second-order valence-corrected chi connectivity index (χ2v) is 8.17. The number of piperidine rings is 1.